The summed E-state index contributed by atoms with van der Waals surface area (Å²) in [4.78, 5) is 0.411. The Labute approximate surface area is 61.6 Å². The predicted octanol–water partition coefficient (Wildman–Crippen LogP) is 1.84. The minimum Gasteiger partial charge on any atom is -0.302 e. The molecule has 1 atom stereocenters. The van der Waals surface area contributed by atoms with Crippen molar-refractivity contribution in [2.75, 3.05) is 12.3 Å². The Morgan fingerprint density at radius 3 is 2.89 bits per heavy atom. The van der Waals surface area contributed by atoms with Crippen LogP contribution in [0.5, 0.6) is 0 Å². The molecule has 1 rings (SSSR count). The third-order valence-corrected chi connectivity index (χ3v) is 3.14. The molecule has 9 heavy (non-hydrogen) atoms. The van der Waals surface area contributed by atoms with E-state index in [1.807, 2.05) is 0 Å². The Balaban J connectivity index is 2.32. The first-order valence-corrected chi connectivity index (χ1v) is 4.64. The third-order valence-electron chi connectivity index (χ3n) is 1.75. The van der Waals surface area contributed by atoms with Gasteiger partial charge in [-0.3, -0.25) is 0 Å². The molecule has 0 unspecified atom stereocenters. The van der Waals surface area contributed by atoms with Crippen LogP contribution < -0.4 is 5.32 Å². The molecule has 1 aliphatic rings. The molecule has 0 aromatic heterocycles. The van der Waals surface area contributed by atoms with E-state index in [1.165, 1.54) is 25.1 Å². The summed E-state index contributed by atoms with van der Waals surface area (Å²) in [7, 11) is 0. The summed E-state index contributed by atoms with van der Waals surface area (Å²) in [5, 5.41) is 3.50. The van der Waals surface area contributed by atoms with Crippen molar-refractivity contribution in [3.05, 3.63) is 0 Å². The zero-order valence-electron chi connectivity index (χ0n) is 6.24. The lowest BCUT2D eigenvalue weighted by Crippen LogP contribution is -2.33. The average molecular weight is 145 g/mol. The fourth-order valence-corrected chi connectivity index (χ4v) is 2.49. The molecule has 1 aliphatic heterocycles. The summed E-state index contributed by atoms with van der Waals surface area (Å²) in [6.07, 6.45) is 2.59. The van der Waals surface area contributed by atoms with E-state index < -0.39 is 0 Å². The van der Waals surface area contributed by atoms with E-state index in [4.69, 9.17) is 0 Å². The molecule has 0 aromatic carbocycles. The molecule has 1 heterocycles. The van der Waals surface area contributed by atoms with Crippen molar-refractivity contribution in [2.45, 2.75) is 31.6 Å². The molecule has 0 amide bonds. The molecular weight excluding hydrogens is 130 g/mol. The predicted molar refractivity (Wildman–Crippen MR) is 43.8 cm³/mol. The molecule has 0 bridgehead atoms. The maximum Gasteiger partial charge on any atom is 0.0617 e. The van der Waals surface area contributed by atoms with Gasteiger partial charge in [-0.25, -0.2) is 0 Å². The molecule has 1 N–H and O–H groups in total. The zero-order valence-corrected chi connectivity index (χ0v) is 7.05. The van der Waals surface area contributed by atoms with E-state index in [-0.39, 0.29) is 0 Å². The van der Waals surface area contributed by atoms with Crippen LogP contribution in [0, 0.1) is 0 Å². The van der Waals surface area contributed by atoms with Crippen molar-refractivity contribution in [3.63, 3.8) is 0 Å². The van der Waals surface area contributed by atoms with Gasteiger partial charge in [0.2, 0.25) is 0 Å². The highest BCUT2D eigenvalue weighted by Gasteiger charge is 2.26. The van der Waals surface area contributed by atoms with E-state index in [1.54, 1.807) is 0 Å². The Morgan fingerprint density at radius 1 is 1.67 bits per heavy atom. The van der Waals surface area contributed by atoms with E-state index >= 15 is 0 Å². The van der Waals surface area contributed by atoms with E-state index in [9.17, 15) is 0 Å². The van der Waals surface area contributed by atoms with Gasteiger partial charge in [0.1, 0.15) is 0 Å². The van der Waals surface area contributed by atoms with Crippen LogP contribution in [0.25, 0.3) is 0 Å². The lowest BCUT2D eigenvalue weighted by Gasteiger charge is -2.21. The van der Waals surface area contributed by atoms with Crippen LogP contribution in [-0.2, 0) is 0 Å². The molecule has 2 heteroatoms. The van der Waals surface area contributed by atoms with Crippen molar-refractivity contribution < 1.29 is 0 Å². The number of nitrogens with one attached hydrogen (secondary N) is 1. The average Bonchev–Trinajstić information content (AvgIpc) is 2.16. The largest absolute Gasteiger partial charge is 0.302 e. The first-order valence-electron chi connectivity index (χ1n) is 3.66. The molecule has 0 spiro atoms. The molecular formula is C7H15NS. The monoisotopic (exact) mass is 145 g/mol. The Hall–Kier alpha value is 0.310. The van der Waals surface area contributed by atoms with Gasteiger partial charge < -0.3 is 5.32 Å². The number of rotatable bonds is 2. The van der Waals surface area contributed by atoms with Gasteiger partial charge in [-0.2, -0.15) is 0 Å². The Kier molecular flexibility index (Phi) is 2.42. The molecule has 0 aliphatic carbocycles. The summed E-state index contributed by atoms with van der Waals surface area (Å²) >= 11 is 2.06. The summed E-state index contributed by atoms with van der Waals surface area (Å²) in [6, 6.07) is 0. The standard InChI is InChI=1S/C7H15NS/c1-3-4-7(2)8-5-6-9-7/h8H,3-6H2,1-2H3/t7-/m1/s1. The fourth-order valence-electron chi connectivity index (χ4n) is 1.28. The maximum atomic E-state index is 3.50. The maximum absolute atomic E-state index is 3.50. The molecule has 0 radical (unpaired) electrons. The fraction of sp³-hybridized carbons (Fsp3) is 1.00. The van der Waals surface area contributed by atoms with Gasteiger partial charge in [0.25, 0.3) is 0 Å². The second-order valence-electron chi connectivity index (χ2n) is 2.76. The SMILES string of the molecule is CCC[C@]1(C)NCCS1. The summed E-state index contributed by atoms with van der Waals surface area (Å²) in [5.74, 6) is 1.29. The van der Waals surface area contributed by atoms with Gasteiger partial charge in [-0.15, -0.1) is 11.8 Å². The molecule has 1 fully saturated rings. The summed E-state index contributed by atoms with van der Waals surface area (Å²) in [6.45, 7) is 5.74. The molecule has 54 valence electrons. The molecule has 0 saturated carbocycles. The second kappa shape index (κ2) is 2.93. The van der Waals surface area contributed by atoms with Crippen LogP contribution in [-0.4, -0.2) is 17.2 Å². The summed E-state index contributed by atoms with van der Waals surface area (Å²) in [5.41, 5.74) is 0. The van der Waals surface area contributed by atoms with Crippen LogP contribution in [0.2, 0.25) is 0 Å². The Bertz CT molecular complexity index is 86.9. The lowest BCUT2D eigenvalue weighted by molar-refractivity contribution is 0.500. The summed E-state index contributed by atoms with van der Waals surface area (Å²) < 4.78 is 0. The highest BCUT2D eigenvalue weighted by atomic mass is 32.2. The minimum atomic E-state index is 0.411. The zero-order chi connectivity index (χ0) is 6.74. The van der Waals surface area contributed by atoms with Crippen molar-refractivity contribution >= 4 is 11.8 Å². The van der Waals surface area contributed by atoms with Gasteiger partial charge in [0.05, 0.1) is 4.87 Å². The van der Waals surface area contributed by atoms with Gasteiger partial charge in [0, 0.05) is 12.3 Å². The van der Waals surface area contributed by atoms with Crippen molar-refractivity contribution in [2.24, 2.45) is 0 Å². The molecule has 0 aromatic rings. The van der Waals surface area contributed by atoms with Crippen LogP contribution in [0.1, 0.15) is 26.7 Å². The van der Waals surface area contributed by atoms with E-state index in [2.05, 4.69) is 30.9 Å². The smallest absolute Gasteiger partial charge is 0.0617 e. The van der Waals surface area contributed by atoms with E-state index in [0.29, 0.717) is 4.87 Å². The number of hydrogen-bond donors (Lipinski definition) is 1. The van der Waals surface area contributed by atoms with E-state index in [0.717, 1.165) is 0 Å². The van der Waals surface area contributed by atoms with Crippen LogP contribution in [0.15, 0.2) is 0 Å². The number of hydrogen-bond acceptors (Lipinski definition) is 2. The van der Waals surface area contributed by atoms with Gasteiger partial charge in [-0.1, -0.05) is 13.3 Å². The minimum absolute atomic E-state index is 0.411. The van der Waals surface area contributed by atoms with Crippen LogP contribution in [0.4, 0.5) is 0 Å². The topological polar surface area (TPSA) is 12.0 Å². The van der Waals surface area contributed by atoms with Crippen molar-refractivity contribution in [3.8, 4) is 0 Å². The van der Waals surface area contributed by atoms with Crippen LogP contribution >= 0.6 is 11.8 Å². The van der Waals surface area contributed by atoms with Gasteiger partial charge in [-0.05, 0) is 13.3 Å². The van der Waals surface area contributed by atoms with Gasteiger partial charge in [0.15, 0.2) is 0 Å². The van der Waals surface area contributed by atoms with Crippen molar-refractivity contribution in [1.29, 1.82) is 0 Å². The van der Waals surface area contributed by atoms with Gasteiger partial charge >= 0.3 is 0 Å². The molecule has 1 saturated heterocycles. The second-order valence-corrected chi connectivity index (χ2v) is 4.35. The lowest BCUT2D eigenvalue weighted by atomic mass is 10.2. The molecule has 1 nitrogen and oxygen atoms in total. The highest BCUT2D eigenvalue weighted by Crippen LogP contribution is 2.30. The van der Waals surface area contributed by atoms with Crippen LogP contribution in [0.3, 0.4) is 0 Å². The Morgan fingerprint density at radius 2 is 2.44 bits per heavy atom. The first kappa shape index (κ1) is 7.42. The first-order chi connectivity index (χ1) is 4.27. The highest BCUT2D eigenvalue weighted by molar-refractivity contribution is 8.00. The third kappa shape index (κ3) is 1.87. The number of thioether (sulfide) groups is 1. The quantitative estimate of drug-likeness (QED) is 0.636. The van der Waals surface area contributed by atoms with Crippen molar-refractivity contribution in [1.82, 2.24) is 5.32 Å². The normalized spacial score (nSPS) is 35.3.